The Kier molecular flexibility index (Phi) is 5.56. The van der Waals surface area contributed by atoms with Gasteiger partial charge in [-0.1, -0.05) is 36.8 Å². The molecule has 0 aliphatic carbocycles. The van der Waals surface area contributed by atoms with Crippen molar-refractivity contribution >= 4 is 5.91 Å². The molecule has 1 fully saturated rings. The molecule has 1 saturated heterocycles. The lowest BCUT2D eigenvalue weighted by Crippen LogP contribution is -2.43. The number of ether oxygens (including phenoxy) is 1. The predicted molar refractivity (Wildman–Crippen MR) is 79.6 cm³/mol. The summed E-state index contributed by atoms with van der Waals surface area (Å²) in [4.78, 5) is 13.9. The maximum absolute atomic E-state index is 11.5. The van der Waals surface area contributed by atoms with Crippen molar-refractivity contribution in [2.45, 2.75) is 26.3 Å². The molecule has 0 spiro atoms. The average molecular weight is 276 g/mol. The monoisotopic (exact) mass is 276 g/mol. The second kappa shape index (κ2) is 7.41. The summed E-state index contributed by atoms with van der Waals surface area (Å²) < 4.78 is 5.42. The first-order valence-corrected chi connectivity index (χ1v) is 7.35. The van der Waals surface area contributed by atoms with Gasteiger partial charge in [0.15, 0.2) is 0 Å². The summed E-state index contributed by atoms with van der Waals surface area (Å²) in [6.07, 6.45) is 0.531. The summed E-state index contributed by atoms with van der Waals surface area (Å²) in [6, 6.07) is 8.81. The van der Waals surface area contributed by atoms with Crippen LogP contribution < -0.4 is 5.32 Å². The van der Waals surface area contributed by atoms with Crippen LogP contribution in [0.3, 0.4) is 0 Å². The molecular weight excluding hydrogens is 252 g/mol. The van der Waals surface area contributed by atoms with E-state index < -0.39 is 0 Å². The fourth-order valence-corrected chi connectivity index (χ4v) is 2.47. The highest BCUT2D eigenvalue weighted by molar-refractivity contribution is 5.75. The van der Waals surface area contributed by atoms with E-state index in [-0.39, 0.29) is 11.9 Å². The van der Waals surface area contributed by atoms with E-state index in [1.807, 2.05) is 6.92 Å². The van der Waals surface area contributed by atoms with Crippen molar-refractivity contribution < 1.29 is 9.53 Å². The number of carbonyl (C=O) groups is 1. The maximum atomic E-state index is 11.5. The number of hydrogen-bond donors (Lipinski definition) is 1. The molecule has 4 nitrogen and oxygen atoms in total. The van der Waals surface area contributed by atoms with Gasteiger partial charge in [-0.05, 0) is 12.5 Å². The standard InChI is InChI=1S/C16H24N2O2/c1-3-16(19)17-12-15(18-8-10-20-11-9-18)14-6-4-13(2)5-7-14/h4-7,15H,3,8-12H2,1-2H3,(H,17,19)/t15-/m0/s1. The van der Waals surface area contributed by atoms with Crippen LogP contribution in [0.5, 0.6) is 0 Å². The Bertz CT molecular complexity index is 425. The molecule has 1 aromatic carbocycles. The van der Waals surface area contributed by atoms with Gasteiger partial charge in [-0.2, -0.15) is 0 Å². The summed E-state index contributed by atoms with van der Waals surface area (Å²) in [5, 5.41) is 3.02. The van der Waals surface area contributed by atoms with E-state index >= 15 is 0 Å². The van der Waals surface area contributed by atoms with Gasteiger partial charge in [-0.15, -0.1) is 0 Å². The minimum atomic E-state index is 0.107. The summed E-state index contributed by atoms with van der Waals surface area (Å²) in [6.45, 7) is 8.00. The highest BCUT2D eigenvalue weighted by Crippen LogP contribution is 2.21. The Morgan fingerprint density at radius 1 is 1.30 bits per heavy atom. The topological polar surface area (TPSA) is 41.6 Å². The van der Waals surface area contributed by atoms with Gasteiger partial charge >= 0.3 is 0 Å². The van der Waals surface area contributed by atoms with Crippen LogP contribution in [-0.2, 0) is 9.53 Å². The fraction of sp³-hybridized carbons (Fsp3) is 0.562. The third-order valence-electron chi connectivity index (χ3n) is 3.76. The van der Waals surface area contributed by atoms with Crippen molar-refractivity contribution in [3.8, 4) is 0 Å². The molecule has 0 radical (unpaired) electrons. The highest BCUT2D eigenvalue weighted by atomic mass is 16.5. The summed E-state index contributed by atoms with van der Waals surface area (Å²) >= 11 is 0. The lowest BCUT2D eigenvalue weighted by atomic mass is 10.0. The molecule has 1 N–H and O–H groups in total. The molecular formula is C16H24N2O2. The number of hydrogen-bond acceptors (Lipinski definition) is 3. The summed E-state index contributed by atoms with van der Waals surface area (Å²) in [7, 11) is 0. The SMILES string of the molecule is CCC(=O)NC[C@@H](c1ccc(C)cc1)N1CCOCC1. The van der Waals surface area contributed by atoms with Gasteiger partial charge < -0.3 is 10.1 Å². The fourth-order valence-electron chi connectivity index (χ4n) is 2.47. The molecule has 0 saturated carbocycles. The van der Waals surface area contributed by atoms with Crippen LogP contribution >= 0.6 is 0 Å². The van der Waals surface area contributed by atoms with Crippen molar-refractivity contribution in [3.63, 3.8) is 0 Å². The van der Waals surface area contributed by atoms with Gasteiger partial charge in [0.1, 0.15) is 0 Å². The van der Waals surface area contributed by atoms with Crippen LogP contribution in [-0.4, -0.2) is 43.7 Å². The molecule has 20 heavy (non-hydrogen) atoms. The number of morpholine rings is 1. The number of nitrogens with zero attached hydrogens (tertiary/aromatic N) is 1. The Hall–Kier alpha value is -1.39. The molecule has 4 heteroatoms. The number of rotatable bonds is 5. The first-order valence-electron chi connectivity index (χ1n) is 7.35. The minimum absolute atomic E-state index is 0.107. The van der Waals surface area contributed by atoms with Crippen LogP contribution in [0.25, 0.3) is 0 Å². The smallest absolute Gasteiger partial charge is 0.219 e. The largest absolute Gasteiger partial charge is 0.379 e. The van der Waals surface area contributed by atoms with Crippen molar-refractivity contribution in [3.05, 3.63) is 35.4 Å². The number of carbonyl (C=O) groups excluding carboxylic acids is 1. The summed E-state index contributed by atoms with van der Waals surface area (Å²) in [5.74, 6) is 0.107. The minimum Gasteiger partial charge on any atom is -0.379 e. The number of nitrogens with one attached hydrogen (secondary N) is 1. The normalized spacial score (nSPS) is 17.7. The van der Waals surface area contributed by atoms with E-state index in [1.54, 1.807) is 0 Å². The molecule has 1 heterocycles. The van der Waals surface area contributed by atoms with Gasteiger partial charge in [0.05, 0.1) is 19.3 Å². The Morgan fingerprint density at radius 2 is 1.95 bits per heavy atom. The lowest BCUT2D eigenvalue weighted by molar-refractivity contribution is -0.121. The van der Waals surface area contributed by atoms with Gasteiger partial charge in [-0.25, -0.2) is 0 Å². The Balaban J connectivity index is 2.09. The second-order valence-corrected chi connectivity index (χ2v) is 5.23. The molecule has 1 amide bonds. The highest BCUT2D eigenvalue weighted by Gasteiger charge is 2.22. The predicted octanol–water partition coefficient (Wildman–Crippen LogP) is 1.89. The molecule has 110 valence electrons. The zero-order valence-electron chi connectivity index (χ0n) is 12.4. The average Bonchev–Trinajstić information content (AvgIpc) is 2.50. The molecule has 0 aromatic heterocycles. The zero-order valence-corrected chi connectivity index (χ0v) is 12.4. The first kappa shape index (κ1) is 15.0. The van der Waals surface area contributed by atoms with Gasteiger partial charge in [0, 0.05) is 26.1 Å². The first-order chi connectivity index (χ1) is 9.70. The summed E-state index contributed by atoms with van der Waals surface area (Å²) in [5.41, 5.74) is 2.51. The van der Waals surface area contributed by atoms with Gasteiger partial charge in [0.2, 0.25) is 5.91 Å². The van der Waals surface area contributed by atoms with Gasteiger partial charge in [-0.3, -0.25) is 9.69 Å². The maximum Gasteiger partial charge on any atom is 0.219 e. The van der Waals surface area contributed by atoms with Crippen molar-refractivity contribution in [2.75, 3.05) is 32.8 Å². The lowest BCUT2D eigenvalue weighted by Gasteiger charge is -2.35. The quantitative estimate of drug-likeness (QED) is 0.893. The number of amides is 1. The number of aryl methyl sites for hydroxylation is 1. The van der Waals surface area contributed by atoms with E-state index in [1.165, 1.54) is 11.1 Å². The molecule has 1 aromatic rings. The number of benzene rings is 1. The Labute approximate surface area is 121 Å². The van der Waals surface area contributed by atoms with Gasteiger partial charge in [0.25, 0.3) is 0 Å². The molecule has 2 rings (SSSR count). The van der Waals surface area contributed by atoms with Crippen molar-refractivity contribution in [1.29, 1.82) is 0 Å². The van der Waals surface area contributed by atoms with Crippen molar-refractivity contribution in [1.82, 2.24) is 10.2 Å². The zero-order chi connectivity index (χ0) is 14.4. The Morgan fingerprint density at radius 3 is 2.55 bits per heavy atom. The molecule has 0 bridgehead atoms. The molecule has 1 aliphatic rings. The molecule has 1 aliphatic heterocycles. The van der Waals surface area contributed by atoms with Crippen molar-refractivity contribution in [2.24, 2.45) is 0 Å². The van der Waals surface area contributed by atoms with E-state index in [2.05, 4.69) is 41.4 Å². The van der Waals surface area contributed by atoms with Crippen LogP contribution in [0.2, 0.25) is 0 Å². The van der Waals surface area contributed by atoms with Crippen LogP contribution in [0.1, 0.15) is 30.5 Å². The second-order valence-electron chi connectivity index (χ2n) is 5.23. The molecule has 0 unspecified atom stereocenters. The van der Waals surface area contributed by atoms with Crippen LogP contribution in [0, 0.1) is 6.92 Å². The third kappa shape index (κ3) is 4.05. The third-order valence-corrected chi connectivity index (χ3v) is 3.76. The van der Waals surface area contributed by atoms with E-state index in [0.29, 0.717) is 13.0 Å². The van der Waals surface area contributed by atoms with E-state index in [4.69, 9.17) is 4.74 Å². The van der Waals surface area contributed by atoms with Crippen LogP contribution in [0.15, 0.2) is 24.3 Å². The van der Waals surface area contributed by atoms with E-state index in [0.717, 1.165) is 26.3 Å². The van der Waals surface area contributed by atoms with E-state index in [9.17, 15) is 4.79 Å². The molecule has 1 atom stereocenters. The van der Waals surface area contributed by atoms with Crippen LogP contribution in [0.4, 0.5) is 0 Å².